The van der Waals surface area contributed by atoms with Crippen LogP contribution in [-0.2, 0) is 0 Å². The number of carbonyl (C=O) groups excluding carboxylic acids is 1. The summed E-state index contributed by atoms with van der Waals surface area (Å²) in [6, 6.07) is 1.95. The van der Waals surface area contributed by atoms with Crippen molar-refractivity contribution < 1.29 is 9.90 Å². The Morgan fingerprint density at radius 2 is 2.29 bits per heavy atom. The third-order valence-electron chi connectivity index (χ3n) is 3.21. The van der Waals surface area contributed by atoms with Gasteiger partial charge in [-0.15, -0.1) is 0 Å². The lowest BCUT2D eigenvalue weighted by Gasteiger charge is -2.13. The number of H-pyrrole nitrogens is 1. The van der Waals surface area contributed by atoms with Crippen LogP contribution in [0, 0.1) is 19.8 Å². The van der Waals surface area contributed by atoms with E-state index in [-0.39, 0.29) is 17.9 Å². The predicted octanol–water partition coefficient (Wildman–Crippen LogP) is -0.0584. The van der Waals surface area contributed by atoms with E-state index < -0.39 is 0 Å². The zero-order valence-electron chi connectivity index (χ0n) is 10.2. The molecule has 2 unspecified atom stereocenters. The summed E-state index contributed by atoms with van der Waals surface area (Å²) in [5, 5.41) is 15.6. The number of β-amino-alcohol motifs (C(OH)–C–C–N with tert-alkyl or cyclic N) is 1. The van der Waals surface area contributed by atoms with Gasteiger partial charge in [0, 0.05) is 31.2 Å². The van der Waals surface area contributed by atoms with Crippen LogP contribution >= 0.6 is 0 Å². The summed E-state index contributed by atoms with van der Waals surface area (Å²) < 4.78 is 0. The Balaban J connectivity index is 1.91. The van der Waals surface area contributed by atoms with Gasteiger partial charge >= 0.3 is 0 Å². The van der Waals surface area contributed by atoms with E-state index in [4.69, 9.17) is 0 Å². The number of carbonyl (C=O) groups is 1. The first kappa shape index (κ1) is 12.1. The molecule has 4 N–H and O–H groups in total. The van der Waals surface area contributed by atoms with E-state index in [9.17, 15) is 9.90 Å². The molecule has 0 radical (unpaired) electrons. The highest BCUT2D eigenvalue weighted by Crippen LogP contribution is 2.10. The summed E-state index contributed by atoms with van der Waals surface area (Å²) in [6.45, 7) is 5.70. The number of rotatable bonds is 3. The number of aryl methyl sites for hydroxylation is 2. The molecule has 2 atom stereocenters. The molecule has 1 fully saturated rings. The molecule has 1 amide bonds. The average molecular weight is 237 g/mol. The summed E-state index contributed by atoms with van der Waals surface area (Å²) in [4.78, 5) is 14.9. The van der Waals surface area contributed by atoms with Crippen molar-refractivity contribution in [3.8, 4) is 0 Å². The van der Waals surface area contributed by atoms with Gasteiger partial charge in [0.05, 0.1) is 6.10 Å². The molecule has 5 nitrogen and oxygen atoms in total. The lowest BCUT2D eigenvalue weighted by atomic mass is 10.1. The van der Waals surface area contributed by atoms with E-state index in [1.807, 2.05) is 19.9 Å². The number of hydrogen-bond donors (Lipinski definition) is 4. The maximum absolute atomic E-state index is 11.9. The number of aromatic nitrogens is 1. The van der Waals surface area contributed by atoms with Crippen LogP contribution in [0.2, 0.25) is 0 Å². The zero-order valence-corrected chi connectivity index (χ0v) is 10.2. The van der Waals surface area contributed by atoms with Crippen LogP contribution in [-0.4, -0.2) is 41.7 Å². The Morgan fingerprint density at radius 1 is 1.53 bits per heavy atom. The monoisotopic (exact) mass is 237 g/mol. The van der Waals surface area contributed by atoms with Crippen LogP contribution in [0.25, 0.3) is 0 Å². The Hall–Kier alpha value is -1.33. The van der Waals surface area contributed by atoms with Crippen molar-refractivity contribution in [2.24, 2.45) is 5.92 Å². The fraction of sp³-hybridized carbons (Fsp3) is 0.583. The fourth-order valence-corrected chi connectivity index (χ4v) is 2.20. The van der Waals surface area contributed by atoms with Crippen LogP contribution in [0.3, 0.4) is 0 Å². The highest BCUT2D eigenvalue weighted by atomic mass is 16.3. The minimum absolute atomic E-state index is 0.102. The van der Waals surface area contributed by atoms with Crippen molar-refractivity contribution >= 4 is 5.91 Å². The molecule has 17 heavy (non-hydrogen) atoms. The third kappa shape index (κ3) is 2.68. The molecule has 1 aliphatic rings. The number of hydrogen-bond acceptors (Lipinski definition) is 3. The number of aliphatic hydroxyl groups excluding tert-OH is 1. The Kier molecular flexibility index (Phi) is 3.49. The first-order valence-electron chi connectivity index (χ1n) is 5.91. The second kappa shape index (κ2) is 4.89. The van der Waals surface area contributed by atoms with Gasteiger partial charge in [-0.3, -0.25) is 4.79 Å². The predicted molar refractivity (Wildman–Crippen MR) is 65.0 cm³/mol. The van der Waals surface area contributed by atoms with E-state index >= 15 is 0 Å². The molecule has 1 aromatic heterocycles. The largest absolute Gasteiger partial charge is 0.391 e. The van der Waals surface area contributed by atoms with E-state index in [0.29, 0.717) is 18.8 Å². The first-order valence-corrected chi connectivity index (χ1v) is 5.91. The van der Waals surface area contributed by atoms with Crippen LogP contribution < -0.4 is 10.6 Å². The van der Waals surface area contributed by atoms with Gasteiger partial charge in [0.1, 0.15) is 5.69 Å². The molecule has 0 aromatic carbocycles. The lowest BCUT2D eigenvalue weighted by molar-refractivity contribution is 0.0922. The summed E-state index contributed by atoms with van der Waals surface area (Å²) in [5.41, 5.74) is 2.54. The molecule has 1 aliphatic heterocycles. The third-order valence-corrected chi connectivity index (χ3v) is 3.21. The molecule has 1 aromatic rings. The molecule has 1 saturated heterocycles. The standard InChI is InChI=1S/C12H19N3O2/c1-7-3-8(2)15-11(7)12(17)14-5-9-4-13-6-10(9)16/h3,9-10,13,15-16H,4-6H2,1-2H3,(H,14,17). The van der Waals surface area contributed by atoms with E-state index in [1.165, 1.54) is 0 Å². The minimum Gasteiger partial charge on any atom is -0.391 e. The van der Waals surface area contributed by atoms with Crippen molar-refractivity contribution in [3.63, 3.8) is 0 Å². The summed E-state index contributed by atoms with van der Waals surface area (Å²) in [7, 11) is 0. The molecule has 5 heteroatoms. The molecule has 0 spiro atoms. The summed E-state index contributed by atoms with van der Waals surface area (Å²) >= 11 is 0. The molecule has 2 heterocycles. The van der Waals surface area contributed by atoms with Crippen LogP contribution in [0.1, 0.15) is 21.7 Å². The Labute approximate surface area is 101 Å². The number of aromatic amines is 1. The molecule has 0 bridgehead atoms. The van der Waals surface area contributed by atoms with Gasteiger partial charge in [-0.05, 0) is 25.5 Å². The molecule has 0 saturated carbocycles. The van der Waals surface area contributed by atoms with Crippen LogP contribution in [0.15, 0.2) is 6.07 Å². The fourth-order valence-electron chi connectivity index (χ4n) is 2.20. The second-order valence-electron chi connectivity index (χ2n) is 4.71. The van der Waals surface area contributed by atoms with Gasteiger partial charge in [-0.25, -0.2) is 0 Å². The van der Waals surface area contributed by atoms with Crippen molar-refractivity contribution in [3.05, 3.63) is 23.0 Å². The Morgan fingerprint density at radius 3 is 2.82 bits per heavy atom. The smallest absolute Gasteiger partial charge is 0.267 e. The van der Waals surface area contributed by atoms with E-state index in [1.54, 1.807) is 0 Å². The van der Waals surface area contributed by atoms with Crippen LogP contribution in [0.5, 0.6) is 0 Å². The quantitative estimate of drug-likeness (QED) is 0.595. The summed E-state index contributed by atoms with van der Waals surface area (Å²) in [5.74, 6) is 0.00464. The molecular weight excluding hydrogens is 218 g/mol. The highest BCUT2D eigenvalue weighted by molar-refractivity contribution is 5.93. The summed E-state index contributed by atoms with van der Waals surface area (Å²) in [6.07, 6.45) is -0.359. The van der Waals surface area contributed by atoms with Crippen molar-refractivity contribution in [2.45, 2.75) is 20.0 Å². The first-order chi connectivity index (χ1) is 8.08. The normalized spacial score (nSPS) is 23.9. The lowest BCUT2D eigenvalue weighted by Crippen LogP contribution is -2.34. The number of nitrogens with one attached hydrogen (secondary N) is 3. The maximum atomic E-state index is 11.9. The van der Waals surface area contributed by atoms with Gasteiger partial charge in [0.25, 0.3) is 5.91 Å². The topological polar surface area (TPSA) is 77.2 Å². The minimum atomic E-state index is -0.359. The second-order valence-corrected chi connectivity index (χ2v) is 4.71. The molecular formula is C12H19N3O2. The van der Waals surface area contributed by atoms with E-state index in [2.05, 4.69) is 15.6 Å². The van der Waals surface area contributed by atoms with Gasteiger partial charge in [-0.2, -0.15) is 0 Å². The Bertz CT molecular complexity index is 414. The van der Waals surface area contributed by atoms with Crippen molar-refractivity contribution in [1.29, 1.82) is 0 Å². The van der Waals surface area contributed by atoms with Gasteiger partial charge < -0.3 is 20.7 Å². The average Bonchev–Trinajstić information content (AvgIpc) is 2.81. The van der Waals surface area contributed by atoms with Crippen LogP contribution in [0.4, 0.5) is 0 Å². The highest BCUT2D eigenvalue weighted by Gasteiger charge is 2.25. The molecule has 94 valence electrons. The molecule has 0 aliphatic carbocycles. The molecule has 2 rings (SSSR count). The number of amides is 1. The number of aliphatic hydroxyl groups is 1. The van der Waals surface area contributed by atoms with Gasteiger partial charge in [0.2, 0.25) is 0 Å². The van der Waals surface area contributed by atoms with Gasteiger partial charge in [-0.1, -0.05) is 0 Å². The van der Waals surface area contributed by atoms with Crippen molar-refractivity contribution in [2.75, 3.05) is 19.6 Å². The maximum Gasteiger partial charge on any atom is 0.267 e. The van der Waals surface area contributed by atoms with E-state index in [0.717, 1.165) is 17.8 Å². The SMILES string of the molecule is Cc1cc(C)c(C(=O)NCC2CNCC2O)[nH]1. The van der Waals surface area contributed by atoms with Gasteiger partial charge in [0.15, 0.2) is 0 Å². The van der Waals surface area contributed by atoms with Crippen molar-refractivity contribution in [1.82, 2.24) is 15.6 Å². The zero-order chi connectivity index (χ0) is 12.4.